The molecule has 6 heteroatoms. The topological polar surface area (TPSA) is 65.2 Å². The molecule has 0 aliphatic rings. The van der Waals surface area contributed by atoms with Gasteiger partial charge in [-0.3, -0.25) is 4.79 Å². The smallest absolute Gasteiger partial charge is 0.277 e. The van der Waals surface area contributed by atoms with Crippen LogP contribution in [0.1, 0.15) is 15.9 Å². The van der Waals surface area contributed by atoms with E-state index in [1.165, 1.54) is 11.8 Å². The molecule has 5 nitrogen and oxygen atoms in total. The fourth-order valence-electron chi connectivity index (χ4n) is 2.15. The van der Waals surface area contributed by atoms with Crippen molar-refractivity contribution >= 4 is 17.5 Å². The summed E-state index contributed by atoms with van der Waals surface area (Å²) in [6, 6.07) is 14.9. The molecule has 0 radical (unpaired) electrons. The maximum Gasteiger partial charge on any atom is 0.277 e. The van der Waals surface area contributed by atoms with Crippen molar-refractivity contribution in [3.05, 3.63) is 59.7 Å². The highest BCUT2D eigenvalue weighted by molar-refractivity contribution is 7.99. The number of benzene rings is 2. The molecule has 1 aromatic heterocycles. The molecule has 0 atom stereocenters. The van der Waals surface area contributed by atoms with Crippen LogP contribution in [0.3, 0.4) is 0 Å². The van der Waals surface area contributed by atoms with Crippen LogP contribution in [-0.4, -0.2) is 28.8 Å². The van der Waals surface area contributed by atoms with E-state index >= 15 is 0 Å². The number of hydrogen-bond acceptors (Lipinski definition) is 6. The average Bonchev–Trinajstić information content (AvgIpc) is 3.09. The maximum absolute atomic E-state index is 12.2. The third-order valence-corrected chi connectivity index (χ3v) is 4.26. The Labute approximate surface area is 144 Å². The molecule has 0 N–H and O–H groups in total. The molecule has 122 valence electrons. The van der Waals surface area contributed by atoms with Gasteiger partial charge in [-0.1, -0.05) is 53.7 Å². The number of thioether (sulfide) groups is 1. The first-order valence-electron chi connectivity index (χ1n) is 7.37. The van der Waals surface area contributed by atoms with E-state index in [2.05, 4.69) is 10.2 Å². The minimum absolute atomic E-state index is 0.0250. The molecule has 0 saturated heterocycles. The zero-order valence-corrected chi connectivity index (χ0v) is 14.2. The van der Waals surface area contributed by atoms with Crippen molar-refractivity contribution in [3.63, 3.8) is 0 Å². The Kier molecular flexibility index (Phi) is 4.96. The van der Waals surface area contributed by atoms with E-state index in [9.17, 15) is 4.79 Å². The summed E-state index contributed by atoms with van der Waals surface area (Å²) in [5, 5.41) is 8.37. The lowest BCUT2D eigenvalue weighted by Gasteiger charge is -2.03. The van der Waals surface area contributed by atoms with Gasteiger partial charge in [0.25, 0.3) is 11.1 Å². The molecule has 0 spiro atoms. The number of carbonyl (C=O) groups is 1. The number of rotatable bonds is 6. The highest BCUT2D eigenvalue weighted by atomic mass is 32.2. The molecular weight excluding hydrogens is 324 g/mol. The lowest BCUT2D eigenvalue weighted by Crippen LogP contribution is -2.02. The highest BCUT2D eigenvalue weighted by Crippen LogP contribution is 2.30. The fourth-order valence-corrected chi connectivity index (χ4v) is 2.81. The number of hydrogen-bond donors (Lipinski definition) is 0. The molecule has 0 fully saturated rings. The van der Waals surface area contributed by atoms with Gasteiger partial charge in [-0.05, 0) is 19.1 Å². The Bertz CT molecular complexity index is 843. The molecule has 3 rings (SSSR count). The predicted octanol–water partition coefficient (Wildman–Crippen LogP) is 4.03. The number of nitrogens with zero attached hydrogens (tertiary/aromatic N) is 2. The molecule has 24 heavy (non-hydrogen) atoms. The molecule has 1 heterocycles. The van der Waals surface area contributed by atoms with E-state index in [1.54, 1.807) is 7.11 Å². The minimum atomic E-state index is 0.0250. The van der Waals surface area contributed by atoms with Crippen LogP contribution >= 0.6 is 11.8 Å². The Morgan fingerprint density at radius 2 is 1.88 bits per heavy atom. The quantitative estimate of drug-likeness (QED) is 0.499. The summed E-state index contributed by atoms with van der Waals surface area (Å²) in [6.45, 7) is 1.99. The van der Waals surface area contributed by atoms with Crippen LogP contribution in [0.2, 0.25) is 0 Å². The summed E-state index contributed by atoms with van der Waals surface area (Å²) in [5.74, 6) is 1.31. The van der Waals surface area contributed by atoms with Gasteiger partial charge in [0.1, 0.15) is 5.75 Å². The van der Waals surface area contributed by atoms with Crippen LogP contribution in [0.5, 0.6) is 5.75 Å². The Morgan fingerprint density at radius 3 is 2.62 bits per heavy atom. The molecule has 0 amide bonds. The van der Waals surface area contributed by atoms with Gasteiger partial charge in [0.05, 0.1) is 18.4 Å². The molecule has 3 aromatic rings. The van der Waals surface area contributed by atoms with E-state index in [0.717, 1.165) is 11.1 Å². The lowest BCUT2D eigenvalue weighted by molar-refractivity contribution is 0.102. The number of Topliss-reactive ketones (excluding diaryl/α,β-unsaturated/α-hetero) is 1. The Hall–Kier alpha value is -2.60. The van der Waals surface area contributed by atoms with Crippen molar-refractivity contribution in [2.75, 3.05) is 12.9 Å². The Balaban J connectivity index is 1.68. The third-order valence-electron chi connectivity index (χ3n) is 3.44. The third kappa shape index (κ3) is 3.65. The van der Waals surface area contributed by atoms with E-state index in [0.29, 0.717) is 22.4 Å². The predicted molar refractivity (Wildman–Crippen MR) is 92.5 cm³/mol. The van der Waals surface area contributed by atoms with Crippen LogP contribution in [0.15, 0.2) is 58.2 Å². The average molecular weight is 340 g/mol. The number of ether oxygens (including phenoxy) is 1. The number of aryl methyl sites for hydroxylation is 1. The molecule has 2 aromatic carbocycles. The van der Waals surface area contributed by atoms with E-state index in [1.807, 2.05) is 55.5 Å². The monoisotopic (exact) mass is 340 g/mol. The second-order valence-corrected chi connectivity index (χ2v) is 6.08. The lowest BCUT2D eigenvalue weighted by atomic mass is 10.1. The van der Waals surface area contributed by atoms with Gasteiger partial charge in [-0.2, -0.15) is 0 Å². The van der Waals surface area contributed by atoms with Crippen LogP contribution < -0.4 is 4.74 Å². The van der Waals surface area contributed by atoms with Crippen molar-refractivity contribution in [1.82, 2.24) is 10.2 Å². The maximum atomic E-state index is 12.2. The number of methoxy groups -OCH3 is 1. The van der Waals surface area contributed by atoms with Crippen LogP contribution in [0.25, 0.3) is 11.5 Å². The summed E-state index contributed by atoms with van der Waals surface area (Å²) in [4.78, 5) is 12.2. The van der Waals surface area contributed by atoms with E-state index < -0.39 is 0 Å². The summed E-state index contributed by atoms with van der Waals surface area (Å²) in [7, 11) is 1.59. The molecule has 0 saturated carbocycles. The second kappa shape index (κ2) is 7.31. The molecule has 0 unspecified atom stereocenters. The van der Waals surface area contributed by atoms with E-state index in [-0.39, 0.29) is 11.5 Å². The molecule has 0 aliphatic carbocycles. The van der Waals surface area contributed by atoms with Gasteiger partial charge in [0, 0.05) is 5.56 Å². The second-order valence-electron chi connectivity index (χ2n) is 5.15. The summed E-state index contributed by atoms with van der Waals surface area (Å²) in [5.41, 5.74) is 2.53. The molecular formula is C18H16N2O3S. The van der Waals surface area contributed by atoms with Gasteiger partial charge in [-0.15, -0.1) is 10.2 Å². The standard InChI is InChI=1S/C18H16N2O3S/c1-12-7-9-13(10-8-12)15(21)11-24-18-20-19-17(23-18)14-5-3-4-6-16(14)22-2/h3-10H,11H2,1-2H3. The van der Waals surface area contributed by atoms with Gasteiger partial charge < -0.3 is 9.15 Å². The van der Waals surface area contributed by atoms with Gasteiger partial charge >= 0.3 is 0 Å². The van der Waals surface area contributed by atoms with Crippen molar-refractivity contribution in [2.24, 2.45) is 0 Å². The van der Waals surface area contributed by atoms with Gasteiger partial charge in [-0.25, -0.2) is 0 Å². The SMILES string of the molecule is COc1ccccc1-c1nnc(SCC(=O)c2ccc(C)cc2)o1. The van der Waals surface area contributed by atoms with Crippen molar-refractivity contribution in [2.45, 2.75) is 12.1 Å². The summed E-state index contributed by atoms with van der Waals surface area (Å²) >= 11 is 1.23. The zero-order chi connectivity index (χ0) is 16.9. The molecule has 0 aliphatic heterocycles. The minimum Gasteiger partial charge on any atom is -0.496 e. The highest BCUT2D eigenvalue weighted by Gasteiger charge is 2.15. The first kappa shape index (κ1) is 16.3. The zero-order valence-electron chi connectivity index (χ0n) is 13.4. The first-order chi connectivity index (χ1) is 11.7. The first-order valence-corrected chi connectivity index (χ1v) is 8.35. The van der Waals surface area contributed by atoms with Crippen molar-refractivity contribution in [3.8, 4) is 17.2 Å². The normalized spacial score (nSPS) is 10.6. The Morgan fingerprint density at radius 1 is 1.12 bits per heavy atom. The van der Waals surface area contributed by atoms with Crippen LogP contribution in [-0.2, 0) is 0 Å². The summed E-state index contributed by atoms with van der Waals surface area (Å²) in [6.07, 6.45) is 0. The molecule has 0 bridgehead atoms. The van der Waals surface area contributed by atoms with Gasteiger partial charge in [0.2, 0.25) is 0 Å². The van der Waals surface area contributed by atoms with Crippen molar-refractivity contribution < 1.29 is 13.9 Å². The number of carbonyl (C=O) groups excluding carboxylic acids is 1. The fraction of sp³-hybridized carbons (Fsp3) is 0.167. The van der Waals surface area contributed by atoms with Crippen LogP contribution in [0.4, 0.5) is 0 Å². The number of aromatic nitrogens is 2. The van der Waals surface area contributed by atoms with Gasteiger partial charge in [0.15, 0.2) is 5.78 Å². The number of para-hydroxylation sites is 1. The van der Waals surface area contributed by atoms with Crippen LogP contribution in [0, 0.1) is 6.92 Å². The largest absolute Gasteiger partial charge is 0.496 e. The summed E-state index contributed by atoms with van der Waals surface area (Å²) < 4.78 is 10.9. The van der Waals surface area contributed by atoms with E-state index in [4.69, 9.17) is 9.15 Å². The van der Waals surface area contributed by atoms with Crippen molar-refractivity contribution in [1.29, 1.82) is 0 Å². The number of ketones is 1.